The summed E-state index contributed by atoms with van der Waals surface area (Å²) in [4.78, 5) is 4.37. The second kappa shape index (κ2) is 5.32. The second-order valence-electron chi connectivity index (χ2n) is 5.35. The normalized spacial score (nSPS) is 11.0. The molecule has 0 unspecified atom stereocenters. The Bertz CT molecular complexity index is 1000. The number of pyridine rings is 1. The third kappa shape index (κ3) is 2.48. The number of aromatic nitrogens is 1. The molecule has 0 amide bonds. The molecule has 0 radical (unpaired) electrons. The molecule has 0 fully saturated rings. The number of benzene rings is 2. The van der Waals surface area contributed by atoms with E-state index in [9.17, 15) is 0 Å². The van der Waals surface area contributed by atoms with Crippen LogP contribution in [0.4, 0.5) is 0 Å². The Morgan fingerprint density at radius 1 is 0.957 bits per heavy atom. The van der Waals surface area contributed by atoms with Crippen LogP contribution in [0.1, 0.15) is 5.76 Å². The molecule has 0 aliphatic carbocycles. The predicted octanol–water partition coefficient (Wildman–Crippen LogP) is 5.09. The summed E-state index contributed by atoms with van der Waals surface area (Å²) in [6.07, 6.45) is 1.73. The minimum Gasteiger partial charge on any atom is -0.497 e. The van der Waals surface area contributed by atoms with Crippen LogP contribution in [-0.2, 0) is 0 Å². The van der Waals surface area contributed by atoms with Gasteiger partial charge in [-0.25, -0.2) is 0 Å². The fourth-order valence-corrected chi connectivity index (χ4v) is 2.65. The van der Waals surface area contributed by atoms with Gasteiger partial charge in [0.05, 0.1) is 12.6 Å². The maximum Gasteiger partial charge on any atom is 0.138 e. The van der Waals surface area contributed by atoms with Crippen LogP contribution in [0.25, 0.3) is 21.9 Å². The van der Waals surface area contributed by atoms with Crippen molar-refractivity contribution in [1.82, 2.24) is 4.98 Å². The zero-order valence-electron chi connectivity index (χ0n) is 12.9. The van der Waals surface area contributed by atoms with Gasteiger partial charge >= 0.3 is 0 Å². The number of nitrogens with zero attached hydrogens (tertiary/aromatic N) is 1. The SMILES string of the molecule is COc1ccc2c(Oc3ccc4cc(C)oc4c3)ccnc2c1. The monoisotopic (exact) mass is 305 g/mol. The summed E-state index contributed by atoms with van der Waals surface area (Å²) >= 11 is 0. The molecular formula is C19H15NO3. The van der Waals surface area contributed by atoms with Gasteiger partial charge < -0.3 is 13.9 Å². The standard InChI is InChI=1S/C19H15NO3/c1-12-9-13-3-4-15(11-19(13)22-12)23-18-7-8-20-17-10-14(21-2)5-6-16(17)18/h3-11H,1-2H3. The lowest BCUT2D eigenvalue weighted by atomic mass is 10.2. The van der Waals surface area contributed by atoms with Crippen molar-refractivity contribution in [2.45, 2.75) is 6.92 Å². The molecule has 4 nitrogen and oxygen atoms in total. The molecule has 0 saturated heterocycles. The first kappa shape index (κ1) is 13.6. The summed E-state index contributed by atoms with van der Waals surface area (Å²) in [7, 11) is 1.64. The first-order valence-electron chi connectivity index (χ1n) is 7.34. The minimum absolute atomic E-state index is 0.732. The molecule has 23 heavy (non-hydrogen) atoms. The number of rotatable bonds is 3. The van der Waals surface area contributed by atoms with Gasteiger partial charge in [-0.2, -0.15) is 0 Å². The Labute approximate surface area is 133 Å². The van der Waals surface area contributed by atoms with Gasteiger partial charge in [-0.1, -0.05) is 0 Å². The fraction of sp³-hybridized carbons (Fsp3) is 0.105. The quantitative estimate of drug-likeness (QED) is 0.529. The lowest BCUT2D eigenvalue weighted by Gasteiger charge is -2.09. The number of methoxy groups -OCH3 is 1. The van der Waals surface area contributed by atoms with E-state index in [2.05, 4.69) is 4.98 Å². The maximum atomic E-state index is 6.04. The number of aryl methyl sites for hydroxylation is 1. The lowest BCUT2D eigenvalue weighted by molar-refractivity contribution is 0.415. The summed E-state index contributed by atoms with van der Waals surface area (Å²) < 4.78 is 16.9. The molecule has 0 spiro atoms. The molecule has 0 atom stereocenters. The summed E-state index contributed by atoms with van der Waals surface area (Å²) in [5.74, 6) is 3.14. The summed E-state index contributed by atoms with van der Waals surface area (Å²) in [6, 6.07) is 15.4. The summed E-state index contributed by atoms with van der Waals surface area (Å²) in [5.41, 5.74) is 1.65. The molecule has 2 aromatic heterocycles. The average molecular weight is 305 g/mol. The highest BCUT2D eigenvalue weighted by Gasteiger charge is 2.08. The van der Waals surface area contributed by atoms with Crippen LogP contribution in [0.5, 0.6) is 17.2 Å². The Balaban J connectivity index is 1.75. The van der Waals surface area contributed by atoms with Crippen LogP contribution in [0.2, 0.25) is 0 Å². The van der Waals surface area contributed by atoms with E-state index in [4.69, 9.17) is 13.9 Å². The third-order valence-corrected chi connectivity index (χ3v) is 3.75. The van der Waals surface area contributed by atoms with E-state index < -0.39 is 0 Å². The topological polar surface area (TPSA) is 44.5 Å². The first-order chi connectivity index (χ1) is 11.2. The van der Waals surface area contributed by atoms with E-state index >= 15 is 0 Å². The Hall–Kier alpha value is -3.01. The Kier molecular flexibility index (Phi) is 3.15. The zero-order valence-corrected chi connectivity index (χ0v) is 12.9. The largest absolute Gasteiger partial charge is 0.497 e. The van der Waals surface area contributed by atoms with Crippen LogP contribution in [0.3, 0.4) is 0 Å². The highest BCUT2D eigenvalue weighted by Crippen LogP contribution is 2.32. The van der Waals surface area contributed by atoms with Gasteiger partial charge in [0.2, 0.25) is 0 Å². The van der Waals surface area contributed by atoms with Gasteiger partial charge in [-0.3, -0.25) is 4.98 Å². The minimum atomic E-state index is 0.732. The molecule has 2 aromatic carbocycles. The molecular weight excluding hydrogens is 290 g/mol. The Morgan fingerprint density at radius 3 is 2.70 bits per heavy atom. The van der Waals surface area contributed by atoms with E-state index in [1.54, 1.807) is 13.3 Å². The van der Waals surface area contributed by atoms with Crippen LogP contribution in [0, 0.1) is 6.92 Å². The van der Waals surface area contributed by atoms with Gasteiger partial charge in [-0.05, 0) is 43.3 Å². The van der Waals surface area contributed by atoms with Crippen molar-refractivity contribution < 1.29 is 13.9 Å². The Morgan fingerprint density at radius 2 is 1.83 bits per heavy atom. The lowest BCUT2D eigenvalue weighted by Crippen LogP contribution is -1.89. The number of furan rings is 1. The first-order valence-corrected chi connectivity index (χ1v) is 7.34. The van der Waals surface area contributed by atoms with Gasteiger partial charge in [0, 0.05) is 29.1 Å². The zero-order chi connectivity index (χ0) is 15.8. The third-order valence-electron chi connectivity index (χ3n) is 3.75. The van der Waals surface area contributed by atoms with Crippen LogP contribution < -0.4 is 9.47 Å². The van der Waals surface area contributed by atoms with Crippen LogP contribution in [-0.4, -0.2) is 12.1 Å². The van der Waals surface area contributed by atoms with Gasteiger partial charge in [-0.15, -0.1) is 0 Å². The van der Waals surface area contributed by atoms with Gasteiger partial charge in [0.1, 0.15) is 28.6 Å². The average Bonchev–Trinajstić information content (AvgIpc) is 2.94. The van der Waals surface area contributed by atoms with Crippen molar-refractivity contribution in [3.63, 3.8) is 0 Å². The second-order valence-corrected chi connectivity index (χ2v) is 5.35. The molecule has 114 valence electrons. The van der Waals surface area contributed by atoms with Crippen LogP contribution in [0.15, 0.2) is 59.1 Å². The van der Waals surface area contributed by atoms with E-state index in [0.29, 0.717) is 0 Å². The predicted molar refractivity (Wildman–Crippen MR) is 89.3 cm³/mol. The number of hydrogen-bond donors (Lipinski definition) is 0. The van der Waals surface area contributed by atoms with E-state index in [1.807, 2.05) is 55.5 Å². The van der Waals surface area contributed by atoms with Crippen molar-refractivity contribution >= 4 is 21.9 Å². The smallest absolute Gasteiger partial charge is 0.138 e. The molecule has 0 saturated carbocycles. The summed E-state index contributed by atoms with van der Waals surface area (Å²) in [6.45, 7) is 1.93. The van der Waals surface area contributed by atoms with Crippen molar-refractivity contribution in [2.75, 3.05) is 7.11 Å². The fourth-order valence-electron chi connectivity index (χ4n) is 2.65. The maximum absolute atomic E-state index is 6.04. The van der Waals surface area contributed by atoms with Gasteiger partial charge in [0.15, 0.2) is 0 Å². The molecule has 0 aliphatic heterocycles. The number of ether oxygens (including phenoxy) is 2. The molecule has 0 N–H and O–H groups in total. The van der Waals surface area contributed by atoms with Crippen molar-refractivity contribution in [2.24, 2.45) is 0 Å². The molecule has 2 heterocycles. The van der Waals surface area contributed by atoms with E-state index in [-0.39, 0.29) is 0 Å². The number of fused-ring (bicyclic) bond motifs is 2. The molecule has 4 heteroatoms. The molecule has 0 aliphatic rings. The van der Waals surface area contributed by atoms with Crippen LogP contribution >= 0.6 is 0 Å². The number of hydrogen-bond acceptors (Lipinski definition) is 4. The van der Waals surface area contributed by atoms with Crippen molar-refractivity contribution in [3.8, 4) is 17.2 Å². The van der Waals surface area contributed by atoms with Gasteiger partial charge in [0.25, 0.3) is 0 Å². The molecule has 4 aromatic rings. The molecule has 4 rings (SSSR count). The summed E-state index contributed by atoms with van der Waals surface area (Å²) in [5, 5.41) is 2.00. The highest BCUT2D eigenvalue weighted by molar-refractivity contribution is 5.86. The van der Waals surface area contributed by atoms with Crippen molar-refractivity contribution in [1.29, 1.82) is 0 Å². The van der Waals surface area contributed by atoms with E-state index in [0.717, 1.165) is 44.9 Å². The van der Waals surface area contributed by atoms with Crippen molar-refractivity contribution in [3.05, 3.63) is 60.5 Å². The highest BCUT2D eigenvalue weighted by atomic mass is 16.5. The van der Waals surface area contributed by atoms with E-state index in [1.165, 1.54) is 0 Å². The molecule has 0 bridgehead atoms.